The lowest BCUT2D eigenvalue weighted by atomic mass is 10.1. The summed E-state index contributed by atoms with van der Waals surface area (Å²) in [6.07, 6.45) is 5.38. The molecule has 1 aromatic carbocycles. The maximum absolute atomic E-state index is 13.3. The normalized spacial score (nSPS) is 19.0. The fourth-order valence-corrected chi connectivity index (χ4v) is 4.59. The average molecular weight is 459 g/mol. The number of carbonyl (C=O) groups excluding carboxylic acids is 1. The summed E-state index contributed by atoms with van der Waals surface area (Å²) in [5.74, 6) is 0.539. The number of hydrogen-bond donors (Lipinski definition) is 2. The van der Waals surface area contributed by atoms with Crippen molar-refractivity contribution in [2.24, 2.45) is 7.05 Å². The number of likely N-dealkylation sites (N-methyl/N-ethyl adjacent to an activating group) is 1. The van der Waals surface area contributed by atoms with E-state index in [1.807, 2.05) is 53.9 Å². The zero-order valence-electron chi connectivity index (χ0n) is 20.2. The Balaban J connectivity index is 1.39. The molecule has 1 saturated heterocycles. The minimum atomic E-state index is 0.0447. The van der Waals surface area contributed by atoms with E-state index in [-0.39, 0.29) is 5.91 Å². The standard InChI is InChI=1S/C25H30N8O/c1-15-8-19(28-25-26-7-6-20(30-25)22-13-31(4)14-27-22)9-18-10-21(29-23(15)18)24(34)33-11-16(2)32(5)17(3)12-33/h6-10,13-14,16-17,29H,11-12H2,1-5H3,(H,26,28,30). The molecule has 0 aliphatic carbocycles. The molecule has 0 bridgehead atoms. The molecule has 176 valence electrons. The monoisotopic (exact) mass is 458 g/mol. The molecule has 4 aromatic rings. The van der Waals surface area contributed by atoms with Crippen LogP contribution in [0.15, 0.2) is 43.0 Å². The van der Waals surface area contributed by atoms with E-state index in [0.717, 1.165) is 46.6 Å². The quantitative estimate of drug-likeness (QED) is 0.485. The Morgan fingerprint density at radius 2 is 1.85 bits per heavy atom. The molecule has 2 atom stereocenters. The molecule has 1 aliphatic rings. The van der Waals surface area contributed by atoms with Gasteiger partial charge in [0.25, 0.3) is 5.91 Å². The highest BCUT2D eigenvalue weighted by atomic mass is 16.2. The second-order valence-electron chi connectivity index (χ2n) is 9.33. The van der Waals surface area contributed by atoms with Crippen LogP contribution in [0, 0.1) is 6.92 Å². The highest BCUT2D eigenvalue weighted by Gasteiger charge is 2.30. The zero-order chi connectivity index (χ0) is 24.0. The van der Waals surface area contributed by atoms with Crippen LogP contribution in [0.25, 0.3) is 22.3 Å². The van der Waals surface area contributed by atoms with Gasteiger partial charge in [-0.3, -0.25) is 9.69 Å². The first-order valence-electron chi connectivity index (χ1n) is 11.5. The molecule has 1 aliphatic heterocycles. The Labute approximate surface area is 198 Å². The van der Waals surface area contributed by atoms with Crippen molar-refractivity contribution in [2.45, 2.75) is 32.9 Å². The molecule has 3 aromatic heterocycles. The lowest BCUT2D eigenvalue weighted by molar-refractivity contribution is 0.0410. The van der Waals surface area contributed by atoms with E-state index in [4.69, 9.17) is 0 Å². The van der Waals surface area contributed by atoms with Crippen LogP contribution in [-0.4, -0.2) is 72.4 Å². The number of fused-ring (bicyclic) bond motifs is 1. The minimum absolute atomic E-state index is 0.0447. The summed E-state index contributed by atoms with van der Waals surface area (Å²) in [5, 5.41) is 4.27. The number of aromatic amines is 1. The summed E-state index contributed by atoms with van der Waals surface area (Å²) in [5.41, 5.74) is 5.03. The molecular formula is C25H30N8O. The van der Waals surface area contributed by atoms with Crippen molar-refractivity contribution in [2.75, 3.05) is 25.5 Å². The number of rotatable bonds is 4. The Hall–Kier alpha value is -3.72. The predicted molar refractivity (Wildman–Crippen MR) is 133 cm³/mol. The Morgan fingerprint density at radius 3 is 2.56 bits per heavy atom. The van der Waals surface area contributed by atoms with Crippen molar-refractivity contribution in [3.8, 4) is 11.4 Å². The number of benzene rings is 1. The number of piperazine rings is 1. The summed E-state index contributed by atoms with van der Waals surface area (Å²) in [6, 6.07) is 8.49. The van der Waals surface area contributed by atoms with Gasteiger partial charge in [-0.25, -0.2) is 15.0 Å². The van der Waals surface area contributed by atoms with E-state index < -0.39 is 0 Å². The van der Waals surface area contributed by atoms with E-state index >= 15 is 0 Å². The van der Waals surface area contributed by atoms with Crippen LogP contribution in [-0.2, 0) is 7.05 Å². The molecule has 2 unspecified atom stereocenters. The van der Waals surface area contributed by atoms with Crippen LogP contribution in [0.3, 0.4) is 0 Å². The van der Waals surface area contributed by atoms with Gasteiger partial charge in [-0.2, -0.15) is 0 Å². The Morgan fingerprint density at radius 1 is 1.09 bits per heavy atom. The molecule has 34 heavy (non-hydrogen) atoms. The molecule has 4 heterocycles. The maximum Gasteiger partial charge on any atom is 0.270 e. The molecule has 0 spiro atoms. The largest absolute Gasteiger partial charge is 0.350 e. The summed E-state index contributed by atoms with van der Waals surface area (Å²) < 4.78 is 1.88. The van der Waals surface area contributed by atoms with Crippen LogP contribution in [0.2, 0.25) is 0 Å². The number of H-pyrrole nitrogens is 1. The summed E-state index contributed by atoms with van der Waals surface area (Å²) in [6.45, 7) is 7.81. The lowest BCUT2D eigenvalue weighted by Gasteiger charge is -2.42. The van der Waals surface area contributed by atoms with E-state index in [1.54, 1.807) is 12.5 Å². The van der Waals surface area contributed by atoms with Gasteiger partial charge in [0.2, 0.25) is 5.95 Å². The fraction of sp³-hybridized carbons (Fsp3) is 0.360. The van der Waals surface area contributed by atoms with Crippen molar-refractivity contribution in [1.29, 1.82) is 0 Å². The van der Waals surface area contributed by atoms with E-state index in [0.29, 0.717) is 23.7 Å². The molecule has 2 N–H and O–H groups in total. The van der Waals surface area contributed by atoms with Gasteiger partial charge in [-0.15, -0.1) is 0 Å². The van der Waals surface area contributed by atoms with Gasteiger partial charge in [0, 0.05) is 61.2 Å². The molecule has 9 heteroatoms. The fourth-order valence-electron chi connectivity index (χ4n) is 4.59. The predicted octanol–water partition coefficient (Wildman–Crippen LogP) is 3.58. The second kappa shape index (κ2) is 8.57. The van der Waals surface area contributed by atoms with Crippen LogP contribution in [0.5, 0.6) is 0 Å². The number of aromatic nitrogens is 5. The van der Waals surface area contributed by atoms with Gasteiger partial charge in [0.15, 0.2) is 0 Å². The van der Waals surface area contributed by atoms with Crippen LogP contribution in [0.1, 0.15) is 29.9 Å². The van der Waals surface area contributed by atoms with Gasteiger partial charge in [-0.1, -0.05) is 0 Å². The summed E-state index contributed by atoms with van der Waals surface area (Å²) in [4.78, 5) is 34.2. The number of nitrogens with zero attached hydrogens (tertiary/aromatic N) is 6. The van der Waals surface area contributed by atoms with Crippen LogP contribution in [0.4, 0.5) is 11.6 Å². The molecule has 5 rings (SSSR count). The summed E-state index contributed by atoms with van der Waals surface area (Å²) in [7, 11) is 4.05. The van der Waals surface area contributed by atoms with Gasteiger partial charge >= 0.3 is 0 Å². The number of imidazole rings is 1. The molecule has 0 saturated carbocycles. The molecular weight excluding hydrogens is 428 g/mol. The Kier molecular flexibility index (Phi) is 5.57. The van der Waals surface area contributed by atoms with E-state index in [9.17, 15) is 4.79 Å². The van der Waals surface area contributed by atoms with E-state index in [1.165, 1.54) is 0 Å². The minimum Gasteiger partial charge on any atom is -0.350 e. The van der Waals surface area contributed by atoms with Crippen molar-refractivity contribution in [3.05, 3.63) is 54.2 Å². The maximum atomic E-state index is 13.3. The number of carbonyl (C=O) groups is 1. The topological polar surface area (TPSA) is 95.0 Å². The van der Waals surface area contributed by atoms with Crippen molar-refractivity contribution in [1.82, 2.24) is 34.3 Å². The van der Waals surface area contributed by atoms with E-state index in [2.05, 4.69) is 51.0 Å². The highest BCUT2D eigenvalue weighted by Crippen LogP contribution is 2.27. The van der Waals surface area contributed by atoms with Gasteiger partial charge < -0.3 is 19.8 Å². The Bertz CT molecular complexity index is 1340. The van der Waals surface area contributed by atoms with Crippen molar-refractivity contribution >= 4 is 28.4 Å². The third-order valence-electron chi connectivity index (χ3n) is 6.68. The average Bonchev–Trinajstić information content (AvgIpc) is 3.43. The molecule has 9 nitrogen and oxygen atoms in total. The molecule has 1 amide bonds. The van der Waals surface area contributed by atoms with Gasteiger partial charge in [0.05, 0.1) is 12.0 Å². The van der Waals surface area contributed by atoms with Crippen molar-refractivity contribution in [3.63, 3.8) is 0 Å². The molecule has 0 radical (unpaired) electrons. The zero-order valence-corrected chi connectivity index (χ0v) is 20.2. The number of hydrogen-bond acceptors (Lipinski definition) is 6. The van der Waals surface area contributed by atoms with Gasteiger partial charge in [-0.05, 0) is 57.6 Å². The first-order chi connectivity index (χ1) is 16.3. The first kappa shape index (κ1) is 22.1. The first-order valence-corrected chi connectivity index (χ1v) is 11.5. The number of amides is 1. The van der Waals surface area contributed by atoms with Gasteiger partial charge in [0.1, 0.15) is 11.4 Å². The lowest BCUT2D eigenvalue weighted by Crippen LogP contribution is -2.56. The second-order valence-corrected chi connectivity index (χ2v) is 9.33. The third kappa shape index (κ3) is 4.14. The van der Waals surface area contributed by atoms with Crippen LogP contribution < -0.4 is 5.32 Å². The smallest absolute Gasteiger partial charge is 0.270 e. The van der Waals surface area contributed by atoms with Crippen LogP contribution >= 0.6 is 0 Å². The number of nitrogens with one attached hydrogen (secondary N) is 2. The SMILES string of the molecule is Cc1cc(Nc2nccc(-c3cn(C)cn3)n2)cc2cc(C(=O)N3CC(C)N(C)C(C)C3)[nH]c12. The summed E-state index contributed by atoms with van der Waals surface area (Å²) >= 11 is 0. The highest BCUT2D eigenvalue weighted by molar-refractivity contribution is 5.99. The van der Waals surface area contributed by atoms with Crippen molar-refractivity contribution < 1.29 is 4.79 Å². The molecule has 1 fully saturated rings. The number of aryl methyl sites for hydroxylation is 2. The number of anilines is 2. The third-order valence-corrected chi connectivity index (χ3v) is 6.68.